The summed E-state index contributed by atoms with van der Waals surface area (Å²) >= 11 is 2.16. The summed E-state index contributed by atoms with van der Waals surface area (Å²) in [5.41, 5.74) is 0. The molecule has 0 fully saturated rings. The van der Waals surface area contributed by atoms with Crippen LogP contribution in [-0.4, -0.2) is 30.4 Å². The maximum atomic E-state index is 10.8. The van der Waals surface area contributed by atoms with Crippen LogP contribution < -0.4 is 4.74 Å². The van der Waals surface area contributed by atoms with Crippen LogP contribution in [0.3, 0.4) is 0 Å². The topological polar surface area (TPSA) is 55.8 Å². The molecule has 0 bridgehead atoms. The Labute approximate surface area is 108 Å². The quantitative estimate of drug-likeness (QED) is 0.809. The Balaban J connectivity index is 2.51. The second-order valence-corrected chi connectivity index (χ2v) is 4.30. The van der Waals surface area contributed by atoms with E-state index in [1.165, 1.54) is 0 Å². The molecule has 0 saturated heterocycles. The van der Waals surface area contributed by atoms with Gasteiger partial charge in [-0.15, -0.1) is 0 Å². The molecule has 0 aliphatic carbocycles. The van der Waals surface area contributed by atoms with Crippen LogP contribution in [0, 0.1) is 3.57 Å². The summed E-state index contributed by atoms with van der Waals surface area (Å²) in [6, 6.07) is 7.41. The van der Waals surface area contributed by atoms with E-state index in [1.54, 1.807) is 13.0 Å². The van der Waals surface area contributed by atoms with Gasteiger partial charge in [-0.3, -0.25) is 0 Å². The summed E-state index contributed by atoms with van der Waals surface area (Å²) in [6.45, 7) is 2.12. The predicted octanol–water partition coefficient (Wildman–Crippen LogP) is 2.16. The summed E-state index contributed by atoms with van der Waals surface area (Å²) in [5.74, 6) is -0.356. The van der Waals surface area contributed by atoms with Gasteiger partial charge in [-0.1, -0.05) is 6.07 Å². The first-order valence-electron chi connectivity index (χ1n) is 4.86. The van der Waals surface area contributed by atoms with Gasteiger partial charge in [-0.25, -0.2) is 4.79 Å². The molecule has 0 aromatic heterocycles. The van der Waals surface area contributed by atoms with Crippen LogP contribution in [0.15, 0.2) is 24.3 Å². The fourth-order valence-electron chi connectivity index (χ4n) is 1.12. The SMILES string of the molecule is CCOC(COc1cccc(I)c1)C(=O)O. The van der Waals surface area contributed by atoms with Crippen LogP contribution in [0.5, 0.6) is 5.75 Å². The number of carboxylic acids is 1. The lowest BCUT2D eigenvalue weighted by Gasteiger charge is -2.13. The molecule has 16 heavy (non-hydrogen) atoms. The zero-order valence-corrected chi connectivity index (χ0v) is 11.0. The van der Waals surface area contributed by atoms with Crippen molar-refractivity contribution in [1.82, 2.24) is 0 Å². The van der Waals surface area contributed by atoms with Crippen molar-refractivity contribution in [2.45, 2.75) is 13.0 Å². The number of rotatable bonds is 6. The Morgan fingerprint density at radius 1 is 1.56 bits per heavy atom. The molecule has 1 aromatic carbocycles. The second-order valence-electron chi connectivity index (χ2n) is 3.05. The second kappa shape index (κ2) is 6.70. The molecule has 1 rings (SSSR count). The zero-order chi connectivity index (χ0) is 12.0. The highest BCUT2D eigenvalue weighted by Gasteiger charge is 2.18. The number of aliphatic carboxylic acids is 1. The molecule has 0 radical (unpaired) electrons. The van der Waals surface area contributed by atoms with Gasteiger partial charge in [0.2, 0.25) is 0 Å². The van der Waals surface area contributed by atoms with Crippen molar-refractivity contribution in [2.24, 2.45) is 0 Å². The van der Waals surface area contributed by atoms with Gasteiger partial charge in [-0.2, -0.15) is 0 Å². The lowest BCUT2D eigenvalue weighted by molar-refractivity contribution is -0.152. The van der Waals surface area contributed by atoms with Gasteiger partial charge in [-0.05, 0) is 47.7 Å². The van der Waals surface area contributed by atoms with Crippen molar-refractivity contribution in [3.05, 3.63) is 27.8 Å². The average Bonchev–Trinajstić information content (AvgIpc) is 2.24. The molecule has 1 aromatic rings. The molecule has 1 atom stereocenters. The minimum atomic E-state index is -1.01. The largest absolute Gasteiger partial charge is 0.490 e. The van der Waals surface area contributed by atoms with Crippen molar-refractivity contribution in [1.29, 1.82) is 0 Å². The molecule has 4 nitrogen and oxygen atoms in total. The van der Waals surface area contributed by atoms with Gasteiger partial charge in [0.05, 0.1) is 0 Å². The molecule has 5 heteroatoms. The average molecular weight is 336 g/mol. The minimum absolute atomic E-state index is 0.0171. The first-order valence-corrected chi connectivity index (χ1v) is 5.94. The van der Waals surface area contributed by atoms with E-state index in [1.807, 2.05) is 18.2 Å². The van der Waals surface area contributed by atoms with E-state index >= 15 is 0 Å². The molecular weight excluding hydrogens is 323 g/mol. The third-order valence-corrected chi connectivity index (χ3v) is 2.51. The first-order chi connectivity index (χ1) is 7.63. The van der Waals surface area contributed by atoms with E-state index in [2.05, 4.69) is 22.6 Å². The Morgan fingerprint density at radius 3 is 2.88 bits per heavy atom. The summed E-state index contributed by atoms with van der Waals surface area (Å²) in [4.78, 5) is 10.8. The highest BCUT2D eigenvalue weighted by Crippen LogP contribution is 2.15. The molecular formula is C11H13IO4. The molecule has 0 aliphatic rings. The maximum absolute atomic E-state index is 10.8. The highest BCUT2D eigenvalue weighted by molar-refractivity contribution is 14.1. The third kappa shape index (κ3) is 4.36. The Hall–Kier alpha value is -0.820. The van der Waals surface area contributed by atoms with Crippen LogP contribution in [0.4, 0.5) is 0 Å². The smallest absolute Gasteiger partial charge is 0.336 e. The van der Waals surface area contributed by atoms with Crippen LogP contribution in [-0.2, 0) is 9.53 Å². The molecule has 0 amide bonds. The van der Waals surface area contributed by atoms with Gasteiger partial charge >= 0.3 is 5.97 Å². The monoisotopic (exact) mass is 336 g/mol. The minimum Gasteiger partial charge on any atom is -0.490 e. The third-order valence-electron chi connectivity index (χ3n) is 1.84. The number of carboxylic acid groups (broad SMARTS) is 1. The standard InChI is InChI=1S/C11H13IO4/c1-2-15-10(11(13)14)7-16-9-5-3-4-8(12)6-9/h3-6,10H,2,7H2,1H3,(H,13,14). The predicted molar refractivity (Wildman–Crippen MR) is 67.7 cm³/mol. The lowest BCUT2D eigenvalue weighted by Crippen LogP contribution is -2.30. The molecule has 0 aliphatic heterocycles. The van der Waals surface area contributed by atoms with E-state index in [4.69, 9.17) is 14.6 Å². The summed E-state index contributed by atoms with van der Waals surface area (Å²) < 4.78 is 11.4. The van der Waals surface area contributed by atoms with Crippen molar-refractivity contribution >= 4 is 28.6 Å². The highest BCUT2D eigenvalue weighted by atomic mass is 127. The van der Waals surface area contributed by atoms with Gasteiger partial charge in [0.25, 0.3) is 0 Å². The van der Waals surface area contributed by atoms with Crippen LogP contribution in [0.25, 0.3) is 0 Å². The van der Waals surface area contributed by atoms with Crippen LogP contribution >= 0.6 is 22.6 Å². The number of benzene rings is 1. The molecule has 88 valence electrons. The maximum Gasteiger partial charge on any atom is 0.336 e. The Bertz CT molecular complexity index is 354. The van der Waals surface area contributed by atoms with E-state index in [0.29, 0.717) is 12.4 Å². The van der Waals surface area contributed by atoms with E-state index in [0.717, 1.165) is 3.57 Å². The molecule has 0 spiro atoms. The van der Waals surface area contributed by atoms with Gasteiger partial charge in [0, 0.05) is 10.2 Å². The number of carbonyl (C=O) groups is 1. The van der Waals surface area contributed by atoms with Crippen molar-refractivity contribution in [3.8, 4) is 5.75 Å². The van der Waals surface area contributed by atoms with Gasteiger partial charge in [0.1, 0.15) is 12.4 Å². The fourth-order valence-corrected chi connectivity index (χ4v) is 1.64. The van der Waals surface area contributed by atoms with Crippen LogP contribution in [0.2, 0.25) is 0 Å². The van der Waals surface area contributed by atoms with Gasteiger partial charge < -0.3 is 14.6 Å². The van der Waals surface area contributed by atoms with Crippen molar-refractivity contribution < 1.29 is 19.4 Å². The van der Waals surface area contributed by atoms with Crippen LogP contribution in [0.1, 0.15) is 6.92 Å². The van der Waals surface area contributed by atoms with Crippen molar-refractivity contribution in [3.63, 3.8) is 0 Å². The van der Waals surface area contributed by atoms with E-state index < -0.39 is 12.1 Å². The number of hydrogen-bond acceptors (Lipinski definition) is 3. The normalized spacial score (nSPS) is 12.1. The number of ether oxygens (including phenoxy) is 2. The summed E-state index contributed by atoms with van der Waals surface area (Å²) in [5, 5.41) is 8.83. The molecule has 1 N–H and O–H groups in total. The summed E-state index contributed by atoms with van der Waals surface area (Å²) in [7, 11) is 0. The number of halogens is 1. The molecule has 0 saturated carbocycles. The molecule has 1 unspecified atom stereocenters. The zero-order valence-electron chi connectivity index (χ0n) is 8.85. The fraction of sp³-hybridized carbons (Fsp3) is 0.364. The van der Waals surface area contributed by atoms with Gasteiger partial charge in [0.15, 0.2) is 6.10 Å². The first kappa shape index (κ1) is 13.2. The Kier molecular flexibility index (Phi) is 5.54. The lowest BCUT2D eigenvalue weighted by atomic mass is 10.3. The van der Waals surface area contributed by atoms with E-state index in [-0.39, 0.29) is 6.61 Å². The Morgan fingerprint density at radius 2 is 2.31 bits per heavy atom. The number of hydrogen-bond donors (Lipinski definition) is 1. The molecule has 0 heterocycles. The summed E-state index contributed by atoms with van der Waals surface area (Å²) in [6.07, 6.45) is -0.914. The van der Waals surface area contributed by atoms with E-state index in [9.17, 15) is 4.79 Å². The van der Waals surface area contributed by atoms with Crippen molar-refractivity contribution in [2.75, 3.05) is 13.2 Å².